The summed E-state index contributed by atoms with van der Waals surface area (Å²) in [5, 5.41) is 0. The van der Waals surface area contributed by atoms with Crippen molar-refractivity contribution < 1.29 is 9.59 Å². The second kappa shape index (κ2) is 5.72. The molecule has 0 spiro atoms. The molecule has 18 heavy (non-hydrogen) atoms. The van der Waals surface area contributed by atoms with E-state index in [1.54, 1.807) is 0 Å². The van der Waals surface area contributed by atoms with Crippen molar-refractivity contribution in [3.63, 3.8) is 0 Å². The molecule has 2 fully saturated rings. The van der Waals surface area contributed by atoms with Crippen LogP contribution in [0.2, 0.25) is 0 Å². The van der Waals surface area contributed by atoms with Crippen molar-refractivity contribution >= 4 is 11.8 Å². The molecule has 0 atom stereocenters. The normalized spacial score (nSPS) is 21.7. The highest BCUT2D eigenvalue weighted by Crippen LogP contribution is 2.28. The Hall–Kier alpha value is -1.06. The van der Waals surface area contributed by atoms with Crippen molar-refractivity contribution in [2.75, 3.05) is 26.2 Å². The molecule has 1 saturated carbocycles. The highest BCUT2D eigenvalue weighted by molar-refractivity contribution is 5.80. The Bertz CT molecular complexity index is 324. The molecular weight excluding hydrogens is 228 g/mol. The van der Waals surface area contributed by atoms with Crippen molar-refractivity contribution in [1.82, 2.24) is 9.80 Å². The van der Waals surface area contributed by atoms with Crippen LogP contribution in [0, 0.1) is 11.8 Å². The van der Waals surface area contributed by atoms with Gasteiger partial charge in [0, 0.05) is 38.0 Å². The van der Waals surface area contributed by atoms with E-state index in [1.807, 2.05) is 23.6 Å². The molecule has 0 aromatic rings. The number of carbonyl (C=O) groups is 2. The molecular formula is C14H24N2O2. The summed E-state index contributed by atoms with van der Waals surface area (Å²) in [6.07, 6.45) is 4.23. The van der Waals surface area contributed by atoms with E-state index in [-0.39, 0.29) is 17.7 Å². The van der Waals surface area contributed by atoms with E-state index in [1.165, 1.54) is 6.42 Å². The lowest BCUT2D eigenvalue weighted by atomic mass is 9.84. The zero-order valence-corrected chi connectivity index (χ0v) is 11.5. The number of rotatable bonds is 2. The molecule has 0 radical (unpaired) electrons. The fourth-order valence-corrected chi connectivity index (χ4v) is 2.64. The Balaban J connectivity index is 1.87. The minimum atomic E-state index is 0.0545. The molecule has 2 aliphatic rings. The molecule has 1 saturated heterocycles. The first-order valence-electron chi connectivity index (χ1n) is 7.17. The topological polar surface area (TPSA) is 40.6 Å². The van der Waals surface area contributed by atoms with Gasteiger partial charge in [-0.1, -0.05) is 20.3 Å². The average molecular weight is 252 g/mol. The Labute approximate surface area is 109 Å². The van der Waals surface area contributed by atoms with Gasteiger partial charge in [-0.2, -0.15) is 0 Å². The van der Waals surface area contributed by atoms with Crippen LogP contribution in [0.1, 0.15) is 39.5 Å². The maximum Gasteiger partial charge on any atom is 0.225 e. The Morgan fingerprint density at radius 2 is 1.56 bits per heavy atom. The van der Waals surface area contributed by atoms with Crippen LogP contribution in [0.25, 0.3) is 0 Å². The third-order valence-corrected chi connectivity index (χ3v) is 4.07. The fraction of sp³-hybridized carbons (Fsp3) is 0.857. The van der Waals surface area contributed by atoms with Gasteiger partial charge in [0.05, 0.1) is 0 Å². The monoisotopic (exact) mass is 252 g/mol. The first kappa shape index (κ1) is 13.4. The number of amides is 2. The van der Waals surface area contributed by atoms with Gasteiger partial charge in [-0.25, -0.2) is 0 Å². The highest BCUT2D eigenvalue weighted by atomic mass is 16.2. The number of hydrogen-bond acceptors (Lipinski definition) is 2. The molecule has 2 rings (SSSR count). The molecule has 1 aliphatic heterocycles. The summed E-state index contributed by atoms with van der Waals surface area (Å²) in [5.41, 5.74) is 0. The quantitative estimate of drug-likeness (QED) is 0.747. The molecule has 102 valence electrons. The molecule has 2 amide bonds. The van der Waals surface area contributed by atoms with Crippen LogP contribution in [0.3, 0.4) is 0 Å². The molecule has 4 nitrogen and oxygen atoms in total. The Morgan fingerprint density at radius 3 is 2.11 bits per heavy atom. The van der Waals surface area contributed by atoms with Gasteiger partial charge in [0.15, 0.2) is 0 Å². The molecule has 0 unspecified atom stereocenters. The smallest absolute Gasteiger partial charge is 0.225 e. The van der Waals surface area contributed by atoms with Gasteiger partial charge in [0.1, 0.15) is 0 Å². The average Bonchev–Trinajstić information content (AvgIpc) is 2.50. The van der Waals surface area contributed by atoms with Gasteiger partial charge < -0.3 is 9.80 Å². The van der Waals surface area contributed by atoms with Crippen LogP contribution in [0.4, 0.5) is 0 Å². The van der Waals surface area contributed by atoms with Gasteiger partial charge in [-0.3, -0.25) is 9.59 Å². The van der Waals surface area contributed by atoms with E-state index in [2.05, 4.69) is 0 Å². The standard InChI is InChI=1S/C14H24N2O2/c1-11(2)13(17)15-7-4-8-16(10-9-15)14(18)12-5-3-6-12/h11-12H,3-10H2,1-2H3. The van der Waals surface area contributed by atoms with Crippen LogP contribution in [0.5, 0.6) is 0 Å². The maximum absolute atomic E-state index is 12.2. The molecule has 0 aromatic heterocycles. The second-order valence-corrected chi connectivity index (χ2v) is 5.79. The molecule has 1 aliphatic carbocycles. The largest absolute Gasteiger partial charge is 0.341 e. The highest BCUT2D eigenvalue weighted by Gasteiger charge is 2.31. The summed E-state index contributed by atoms with van der Waals surface area (Å²) in [6, 6.07) is 0. The summed E-state index contributed by atoms with van der Waals surface area (Å²) < 4.78 is 0. The summed E-state index contributed by atoms with van der Waals surface area (Å²) >= 11 is 0. The molecule has 1 heterocycles. The summed E-state index contributed by atoms with van der Waals surface area (Å²) in [4.78, 5) is 28.0. The lowest BCUT2D eigenvalue weighted by Gasteiger charge is -2.31. The molecule has 4 heteroatoms. The predicted octanol–water partition coefficient (Wildman–Crippen LogP) is 1.50. The van der Waals surface area contributed by atoms with Crippen molar-refractivity contribution in [2.45, 2.75) is 39.5 Å². The van der Waals surface area contributed by atoms with E-state index >= 15 is 0 Å². The SMILES string of the molecule is CC(C)C(=O)N1CCCN(C(=O)C2CCC2)CC1. The fourth-order valence-electron chi connectivity index (χ4n) is 2.64. The van der Waals surface area contributed by atoms with Crippen molar-refractivity contribution in [3.05, 3.63) is 0 Å². The van der Waals surface area contributed by atoms with Gasteiger partial charge in [0.25, 0.3) is 0 Å². The first-order valence-corrected chi connectivity index (χ1v) is 7.17. The number of nitrogens with zero attached hydrogens (tertiary/aromatic N) is 2. The van der Waals surface area contributed by atoms with E-state index in [4.69, 9.17) is 0 Å². The third-order valence-electron chi connectivity index (χ3n) is 4.07. The number of carbonyl (C=O) groups excluding carboxylic acids is 2. The first-order chi connectivity index (χ1) is 8.59. The zero-order chi connectivity index (χ0) is 13.1. The van der Waals surface area contributed by atoms with E-state index in [0.29, 0.717) is 19.0 Å². The summed E-state index contributed by atoms with van der Waals surface area (Å²) in [7, 11) is 0. The Morgan fingerprint density at radius 1 is 0.944 bits per heavy atom. The van der Waals surface area contributed by atoms with Gasteiger partial charge in [-0.05, 0) is 19.3 Å². The van der Waals surface area contributed by atoms with Crippen molar-refractivity contribution in [2.24, 2.45) is 11.8 Å². The van der Waals surface area contributed by atoms with Crippen LogP contribution >= 0.6 is 0 Å². The Kier molecular flexibility index (Phi) is 4.25. The van der Waals surface area contributed by atoms with Gasteiger partial charge >= 0.3 is 0 Å². The minimum absolute atomic E-state index is 0.0545. The molecule has 0 aromatic carbocycles. The van der Waals surface area contributed by atoms with Gasteiger partial charge in [-0.15, -0.1) is 0 Å². The molecule has 0 bridgehead atoms. The van der Waals surface area contributed by atoms with Crippen molar-refractivity contribution in [1.29, 1.82) is 0 Å². The van der Waals surface area contributed by atoms with E-state index in [9.17, 15) is 9.59 Å². The predicted molar refractivity (Wildman–Crippen MR) is 70.0 cm³/mol. The van der Waals surface area contributed by atoms with Crippen molar-refractivity contribution in [3.8, 4) is 0 Å². The van der Waals surface area contributed by atoms with Crippen LogP contribution in [-0.2, 0) is 9.59 Å². The lowest BCUT2D eigenvalue weighted by Crippen LogP contribution is -2.42. The zero-order valence-electron chi connectivity index (χ0n) is 11.5. The summed E-state index contributed by atoms with van der Waals surface area (Å²) in [6.45, 7) is 6.90. The minimum Gasteiger partial charge on any atom is -0.341 e. The summed E-state index contributed by atoms with van der Waals surface area (Å²) in [5.74, 6) is 0.865. The number of hydrogen-bond donors (Lipinski definition) is 0. The van der Waals surface area contributed by atoms with Crippen LogP contribution in [0.15, 0.2) is 0 Å². The lowest BCUT2D eigenvalue weighted by molar-refractivity contribution is -0.139. The van der Waals surface area contributed by atoms with E-state index in [0.717, 1.165) is 32.4 Å². The van der Waals surface area contributed by atoms with Gasteiger partial charge in [0.2, 0.25) is 11.8 Å². The maximum atomic E-state index is 12.2. The van der Waals surface area contributed by atoms with E-state index < -0.39 is 0 Å². The second-order valence-electron chi connectivity index (χ2n) is 5.79. The molecule has 0 N–H and O–H groups in total. The van der Waals surface area contributed by atoms with Crippen LogP contribution in [-0.4, -0.2) is 47.8 Å². The van der Waals surface area contributed by atoms with Crippen LogP contribution < -0.4 is 0 Å². The third kappa shape index (κ3) is 2.85.